The Morgan fingerprint density at radius 2 is 1.76 bits per heavy atom. The number of hydrogen-bond donors (Lipinski definition) is 0. The summed E-state index contributed by atoms with van der Waals surface area (Å²) < 4.78 is 13.7. The number of carbonyl (C=O) groups excluding carboxylic acids is 1. The molecule has 34 heavy (non-hydrogen) atoms. The number of fused-ring (bicyclic) bond motifs is 1. The normalized spacial score (nSPS) is 22.6. The number of carbonyl (C=O) groups is 1. The number of halogens is 2. The second kappa shape index (κ2) is 10.2. The fourth-order valence-corrected chi connectivity index (χ4v) is 5.72. The topological polar surface area (TPSA) is 52.6 Å². The van der Waals surface area contributed by atoms with Crippen LogP contribution in [0.5, 0.6) is 0 Å². The molecule has 0 spiro atoms. The van der Waals surface area contributed by atoms with E-state index in [0.717, 1.165) is 37.3 Å². The van der Waals surface area contributed by atoms with Crippen molar-refractivity contribution in [2.75, 3.05) is 50.7 Å². The lowest BCUT2D eigenvalue weighted by Gasteiger charge is -2.39. The molecule has 2 aromatic rings. The van der Waals surface area contributed by atoms with Crippen LogP contribution in [0, 0.1) is 0 Å². The van der Waals surface area contributed by atoms with Gasteiger partial charge in [-0.05, 0) is 49.3 Å². The van der Waals surface area contributed by atoms with Crippen LogP contribution in [0.25, 0.3) is 0 Å². The fourth-order valence-electron chi connectivity index (χ4n) is 5.60. The van der Waals surface area contributed by atoms with E-state index < -0.39 is 6.17 Å². The summed E-state index contributed by atoms with van der Waals surface area (Å²) in [7, 11) is 0. The summed E-state index contributed by atoms with van der Waals surface area (Å²) in [6.07, 6.45) is 4.19. The molecule has 2 aliphatic heterocycles. The predicted octanol–water partition coefficient (Wildman–Crippen LogP) is 4.05. The van der Waals surface area contributed by atoms with Gasteiger partial charge in [0.2, 0.25) is 5.91 Å². The summed E-state index contributed by atoms with van der Waals surface area (Å²) in [5.41, 5.74) is 3.44. The first-order chi connectivity index (χ1) is 16.5. The van der Waals surface area contributed by atoms with Gasteiger partial charge >= 0.3 is 0 Å². The van der Waals surface area contributed by atoms with Gasteiger partial charge < -0.3 is 14.7 Å². The van der Waals surface area contributed by atoms with Crippen molar-refractivity contribution in [1.29, 1.82) is 0 Å². The zero-order valence-electron chi connectivity index (χ0n) is 19.8. The maximum atomic E-state index is 13.8. The average Bonchev–Trinajstić information content (AvgIpc) is 3.25. The van der Waals surface area contributed by atoms with Crippen molar-refractivity contribution in [3.8, 4) is 0 Å². The highest BCUT2D eigenvalue weighted by Gasteiger charge is 2.33. The molecule has 1 aromatic heterocycles. The molecule has 0 unspecified atom stereocenters. The summed E-state index contributed by atoms with van der Waals surface area (Å²) in [6, 6.07) is 7.60. The molecule has 2 atom stereocenters. The summed E-state index contributed by atoms with van der Waals surface area (Å²) in [5.74, 6) is 1.40. The van der Waals surface area contributed by atoms with Gasteiger partial charge in [0.1, 0.15) is 18.3 Å². The number of anilines is 1. The maximum absolute atomic E-state index is 13.8. The number of hydrogen-bond acceptors (Lipinski definition) is 5. The zero-order valence-corrected chi connectivity index (χ0v) is 20.6. The maximum Gasteiger partial charge on any atom is 0.231 e. The van der Waals surface area contributed by atoms with Crippen LogP contribution in [-0.2, 0) is 11.2 Å². The van der Waals surface area contributed by atoms with Crippen LogP contribution in [0.4, 0.5) is 10.2 Å². The summed E-state index contributed by atoms with van der Waals surface area (Å²) in [6.45, 7) is 7.13. The number of rotatable bonds is 5. The third-order valence-electron chi connectivity index (χ3n) is 7.67. The van der Waals surface area contributed by atoms with E-state index >= 15 is 0 Å². The van der Waals surface area contributed by atoms with Gasteiger partial charge in [-0.25, -0.2) is 14.4 Å². The molecule has 1 amide bonds. The lowest BCUT2D eigenvalue weighted by Crippen LogP contribution is -2.52. The highest BCUT2D eigenvalue weighted by molar-refractivity contribution is 6.30. The quantitative estimate of drug-likeness (QED) is 0.639. The van der Waals surface area contributed by atoms with E-state index in [9.17, 15) is 9.18 Å². The Kier molecular flexibility index (Phi) is 7.02. The number of piperidine rings is 1. The minimum absolute atomic E-state index is 0.144. The molecule has 182 valence electrons. The van der Waals surface area contributed by atoms with E-state index in [1.165, 1.54) is 11.3 Å². The Morgan fingerprint density at radius 3 is 2.47 bits per heavy atom. The van der Waals surface area contributed by atoms with Gasteiger partial charge in [0.15, 0.2) is 0 Å². The number of benzene rings is 1. The molecule has 8 heteroatoms. The van der Waals surface area contributed by atoms with E-state index in [-0.39, 0.29) is 11.8 Å². The molecular weight excluding hydrogens is 453 g/mol. The monoisotopic (exact) mass is 485 g/mol. The average molecular weight is 486 g/mol. The Hall–Kier alpha value is -2.25. The lowest BCUT2D eigenvalue weighted by molar-refractivity contribution is -0.133. The van der Waals surface area contributed by atoms with E-state index in [4.69, 9.17) is 11.6 Å². The van der Waals surface area contributed by atoms with E-state index in [1.54, 1.807) is 6.33 Å². The van der Waals surface area contributed by atoms with Crippen LogP contribution < -0.4 is 4.90 Å². The van der Waals surface area contributed by atoms with Crippen molar-refractivity contribution in [1.82, 2.24) is 19.8 Å². The van der Waals surface area contributed by atoms with Crippen molar-refractivity contribution in [2.45, 2.75) is 50.6 Å². The molecule has 1 aromatic carbocycles. The van der Waals surface area contributed by atoms with Crippen LogP contribution in [0.3, 0.4) is 0 Å². The van der Waals surface area contributed by atoms with Crippen molar-refractivity contribution < 1.29 is 9.18 Å². The number of alkyl halides is 1. The predicted molar refractivity (Wildman–Crippen MR) is 132 cm³/mol. The Bertz CT molecular complexity index is 1000. The van der Waals surface area contributed by atoms with Gasteiger partial charge in [-0.1, -0.05) is 30.7 Å². The Labute approximate surface area is 206 Å². The fraction of sp³-hybridized carbons (Fsp3) is 0.577. The van der Waals surface area contributed by atoms with Crippen molar-refractivity contribution in [3.63, 3.8) is 0 Å². The number of aryl methyl sites for hydroxylation is 1. The van der Waals surface area contributed by atoms with E-state index in [0.29, 0.717) is 56.5 Å². The minimum atomic E-state index is -0.722. The SMILES string of the molecule is C[C@@H]1CCc2ncnc(N3CCN(C(=O)[C@@H](CN4CCC(F)CC4)c4ccc(Cl)cc4)CC3)c21. The molecule has 6 nitrogen and oxygen atoms in total. The van der Waals surface area contributed by atoms with Gasteiger partial charge in [0.05, 0.1) is 5.92 Å². The van der Waals surface area contributed by atoms with Gasteiger partial charge in [-0.3, -0.25) is 4.79 Å². The molecule has 2 fully saturated rings. The van der Waals surface area contributed by atoms with Crippen molar-refractivity contribution in [3.05, 3.63) is 52.4 Å². The minimum Gasteiger partial charge on any atom is -0.353 e. The van der Waals surface area contributed by atoms with Crippen LogP contribution >= 0.6 is 11.6 Å². The third-order valence-corrected chi connectivity index (χ3v) is 7.92. The third kappa shape index (κ3) is 4.91. The largest absolute Gasteiger partial charge is 0.353 e. The Morgan fingerprint density at radius 1 is 1.06 bits per heavy atom. The molecule has 0 radical (unpaired) electrons. The summed E-state index contributed by atoms with van der Waals surface area (Å²) >= 11 is 6.11. The molecule has 5 rings (SSSR count). The van der Waals surface area contributed by atoms with Gasteiger partial charge in [-0.2, -0.15) is 0 Å². The molecule has 2 saturated heterocycles. The number of aromatic nitrogens is 2. The molecule has 1 aliphatic carbocycles. The first-order valence-electron chi connectivity index (χ1n) is 12.5. The molecule has 3 aliphatic rings. The lowest BCUT2D eigenvalue weighted by atomic mass is 9.95. The van der Waals surface area contributed by atoms with E-state index in [2.05, 4.69) is 26.7 Å². The standard InChI is InChI=1S/C26H33ClFN5O/c1-18-2-7-23-24(18)25(30-17-29-23)32-12-14-33(15-13-32)26(34)22(19-3-5-20(27)6-4-19)16-31-10-8-21(28)9-11-31/h3-6,17-18,21-22H,2,7-16H2,1H3/t18-,22+/m1/s1. The molecular formula is C26H33ClFN5O. The first kappa shape index (κ1) is 23.5. The molecule has 0 bridgehead atoms. The highest BCUT2D eigenvalue weighted by Crippen LogP contribution is 2.37. The zero-order chi connectivity index (χ0) is 23.7. The molecule has 0 N–H and O–H groups in total. The number of amides is 1. The molecule has 0 saturated carbocycles. The number of piperazine rings is 1. The number of nitrogens with zero attached hydrogens (tertiary/aromatic N) is 5. The Balaban J connectivity index is 1.29. The van der Waals surface area contributed by atoms with Crippen LogP contribution in [0.15, 0.2) is 30.6 Å². The van der Waals surface area contributed by atoms with Crippen LogP contribution in [-0.4, -0.2) is 77.7 Å². The second-order valence-electron chi connectivity index (χ2n) is 9.89. The van der Waals surface area contributed by atoms with E-state index in [1.807, 2.05) is 29.2 Å². The van der Waals surface area contributed by atoms with Crippen molar-refractivity contribution in [2.24, 2.45) is 0 Å². The van der Waals surface area contributed by atoms with Crippen LogP contribution in [0.2, 0.25) is 5.02 Å². The van der Waals surface area contributed by atoms with Gasteiger partial charge in [0.25, 0.3) is 0 Å². The second-order valence-corrected chi connectivity index (χ2v) is 10.3. The van der Waals surface area contributed by atoms with Gasteiger partial charge in [0, 0.05) is 62.1 Å². The number of likely N-dealkylation sites (tertiary alicyclic amines) is 1. The first-order valence-corrected chi connectivity index (χ1v) is 12.9. The van der Waals surface area contributed by atoms with Crippen LogP contribution in [0.1, 0.15) is 54.8 Å². The smallest absolute Gasteiger partial charge is 0.231 e. The summed E-state index contributed by atoms with van der Waals surface area (Å²) in [5, 5.41) is 0.661. The van der Waals surface area contributed by atoms with Crippen molar-refractivity contribution >= 4 is 23.3 Å². The molecule has 3 heterocycles. The summed E-state index contributed by atoms with van der Waals surface area (Å²) in [4.78, 5) is 29.4. The highest BCUT2D eigenvalue weighted by atomic mass is 35.5. The van der Waals surface area contributed by atoms with Gasteiger partial charge in [-0.15, -0.1) is 0 Å².